The Labute approximate surface area is 78.9 Å². The van der Waals surface area contributed by atoms with Crippen LogP contribution in [-0.4, -0.2) is 15.9 Å². The van der Waals surface area contributed by atoms with Crippen molar-refractivity contribution in [3.8, 4) is 6.19 Å². The number of nitriles is 1. The van der Waals surface area contributed by atoms with Gasteiger partial charge in [0.05, 0.1) is 10.5 Å². The Morgan fingerprint density at radius 3 is 2.43 bits per heavy atom. The molecule has 0 radical (unpaired) electrons. The molecule has 6 nitrogen and oxygen atoms in total. The van der Waals surface area contributed by atoms with E-state index in [1.54, 1.807) is 0 Å². The Hall–Kier alpha value is -2.42. The number of hydrogen-bond acceptors (Lipinski definition) is 3. The van der Waals surface area contributed by atoms with E-state index in [4.69, 9.17) is 10.4 Å². The molecule has 0 fully saturated rings. The summed E-state index contributed by atoms with van der Waals surface area (Å²) in [5.41, 5.74) is 2.09. The average Bonchev–Trinajstić information content (AvgIpc) is 2.18. The number of nitrogens with zero attached hydrogens (tertiary/aromatic N) is 2. The van der Waals surface area contributed by atoms with Crippen LogP contribution < -0.4 is 5.43 Å². The first-order valence-corrected chi connectivity index (χ1v) is 3.60. The molecule has 14 heavy (non-hydrogen) atoms. The molecule has 1 aromatic carbocycles. The third-order valence-corrected chi connectivity index (χ3v) is 1.50. The Bertz CT molecular complexity index is 405. The van der Waals surface area contributed by atoms with Crippen LogP contribution in [0.1, 0.15) is 10.4 Å². The molecule has 0 spiro atoms. The third kappa shape index (κ3) is 2.04. The second-order valence-corrected chi connectivity index (χ2v) is 2.37. The highest BCUT2D eigenvalue weighted by Gasteiger charge is 2.13. The van der Waals surface area contributed by atoms with Gasteiger partial charge in [0.15, 0.2) is 4.87 Å². The molecular formula is C8H6N3O3+. The van der Waals surface area contributed by atoms with Crippen molar-refractivity contribution in [3.05, 3.63) is 34.7 Å². The van der Waals surface area contributed by atoms with Crippen LogP contribution >= 0.6 is 0 Å². The van der Waals surface area contributed by atoms with Gasteiger partial charge in [-0.1, -0.05) is 0 Å². The molecule has 0 saturated heterocycles. The molecule has 0 unspecified atom stereocenters. The fraction of sp³-hybridized carbons (Fsp3) is 0. The minimum absolute atomic E-state index is 0.0825. The molecule has 0 aliphatic rings. The van der Waals surface area contributed by atoms with Gasteiger partial charge in [0, 0.05) is 12.1 Å². The highest BCUT2D eigenvalue weighted by molar-refractivity contribution is 5.87. The summed E-state index contributed by atoms with van der Waals surface area (Å²) in [6.45, 7) is 0. The van der Waals surface area contributed by atoms with Gasteiger partial charge in [0.1, 0.15) is 0 Å². The van der Waals surface area contributed by atoms with Crippen molar-refractivity contribution in [2.75, 3.05) is 0 Å². The highest BCUT2D eigenvalue weighted by atomic mass is 16.4. The summed E-state index contributed by atoms with van der Waals surface area (Å²) in [5, 5.41) is 16.7. The highest BCUT2D eigenvalue weighted by Crippen LogP contribution is 2.10. The van der Waals surface area contributed by atoms with Crippen molar-refractivity contribution in [2.45, 2.75) is 0 Å². The van der Waals surface area contributed by atoms with Crippen molar-refractivity contribution in [1.29, 1.82) is 5.26 Å². The summed E-state index contributed by atoms with van der Waals surface area (Å²) in [7, 11) is 0. The molecule has 0 atom stereocenters. The number of rotatable bonds is 3. The molecule has 0 amide bonds. The lowest BCUT2D eigenvalue weighted by Gasteiger charge is -1.91. The quantitative estimate of drug-likeness (QED) is 0.319. The smallest absolute Gasteiger partial charge is 0.335 e. The minimum Gasteiger partial charge on any atom is -0.478 e. The predicted octanol–water partition coefficient (Wildman–Crippen LogP) is 0.781. The first-order valence-electron chi connectivity index (χ1n) is 3.60. The van der Waals surface area contributed by atoms with E-state index in [1.165, 1.54) is 30.5 Å². The van der Waals surface area contributed by atoms with Crippen LogP contribution in [0, 0.1) is 16.4 Å². The molecule has 0 heterocycles. The fourth-order valence-electron chi connectivity index (χ4n) is 0.849. The number of carboxylic acids is 1. The van der Waals surface area contributed by atoms with Crippen LogP contribution in [0.2, 0.25) is 0 Å². The summed E-state index contributed by atoms with van der Waals surface area (Å²) in [6, 6.07) is 5.17. The van der Waals surface area contributed by atoms with E-state index in [1.807, 2.05) is 5.43 Å². The van der Waals surface area contributed by atoms with Gasteiger partial charge in [-0.25, -0.2) is 4.79 Å². The van der Waals surface area contributed by atoms with Crippen LogP contribution in [0.5, 0.6) is 0 Å². The molecule has 0 aromatic heterocycles. The van der Waals surface area contributed by atoms with Crippen LogP contribution in [0.4, 0.5) is 5.69 Å². The molecule has 1 aromatic rings. The van der Waals surface area contributed by atoms with Crippen molar-refractivity contribution in [3.63, 3.8) is 0 Å². The maximum atomic E-state index is 11.0. The van der Waals surface area contributed by atoms with Gasteiger partial charge < -0.3 is 5.11 Å². The van der Waals surface area contributed by atoms with Crippen molar-refractivity contribution >= 4 is 11.7 Å². The number of benzene rings is 1. The first-order chi connectivity index (χ1) is 6.65. The lowest BCUT2D eigenvalue weighted by molar-refractivity contribution is -0.513. The summed E-state index contributed by atoms with van der Waals surface area (Å²) >= 11 is 0. The predicted molar refractivity (Wildman–Crippen MR) is 45.4 cm³/mol. The summed E-state index contributed by atoms with van der Waals surface area (Å²) in [5.74, 6) is -1.07. The van der Waals surface area contributed by atoms with E-state index in [0.29, 0.717) is 0 Å². The van der Waals surface area contributed by atoms with E-state index in [-0.39, 0.29) is 16.1 Å². The number of nitrogens with one attached hydrogen (secondary N) is 1. The topological polar surface area (TPSA) is 93.2 Å². The summed E-state index contributed by atoms with van der Waals surface area (Å²) < 4.78 is 0. The average molecular weight is 192 g/mol. The van der Waals surface area contributed by atoms with Crippen LogP contribution in [0.25, 0.3) is 0 Å². The standard InChI is InChI=1S/C8H5N3O3/c9-5-10-11(14)7-3-1-6(2-4-7)8(12)13/h1-4H,(H-,10,12,13,14)/p+1. The van der Waals surface area contributed by atoms with Crippen molar-refractivity contribution in [1.82, 2.24) is 5.43 Å². The fourth-order valence-corrected chi connectivity index (χ4v) is 0.849. The number of carbonyl (C=O) groups is 1. The van der Waals surface area contributed by atoms with Crippen LogP contribution in [0.15, 0.2) is 24.3 Å². The molecule has 0 bridgehead atoms. The second kappa shape index (κ2) is 4.00. The second-order valence-electron chi connectivity index (χ2n) is 2.37. The zero-order valence-electron chi connectivity index (χ0n) is 6.97. The van der Waals surface area contributed by atoms with Gasteiger partial charge in [-0.05, 0) is 17.6 Å². The normalized spacial score (nSPS) is 8.79. The van der Waals surface area contributed by atoms with Crippen molar-refractivity contribution in [2.24, 2.45) is 0 Å². The monoisotopic (exact) mass is 192 g/mol. The van der Waals surface area contributed by atoms with Gasteiger partial charge in [-0.2, -0.15) is 5.26 Å². The van der Waals surface area contributed by atoms with Gasteiger partial charge in [-0.3, -0.25) is 0 Å². The lowest BCUT2D eigenvalue weighted by atomic mass is 10.2. The number of hydrazine groups is 1. The number of aromatic carboxylic acids is 1. The van der Waals surface area contributed by atoms with Crippen LogP contribution in [0.3, 0.4) is 0 Å². The van der Waals surface area contributed by atoms with Crippen LogP contribution in [-0.2, 0) is 0 Å². The minimum atomic E-state index is -1.07. The summed E-state index contributed by atoms with van der Waals surface area (Å²) in [6.07, 6.45) is 1.45. The summed E-state index contributed by atoms with van der Waals surface area (Å²) in [4.78, 5) is 21.7. The molecule has 1 rings (SSSR count). The van der Waals surface area contributed by atoms with E-state index >= 15 is 0 Å². The molecule has 6 heteroatoms. The van der Waals surface area contributed by atoms with Gasteiger partial charge >= 0.3 is 5.97 Å². The zero-order chi connectivity index (χ0) is 10.6. The van der Waals surface area contributed by atoms with E-state index in [9.17, 15) is 9.70 Å². The van der Waals surface area contributed by atoms with E-state index in [2.05, 4.69) is 0 Å². The number of hydrogen-bond donors (Lipinski definition) is 2. The van der Waals surface area contributed by atoms with Crippen molar-refractivity contribution < 1.29 is 14.8 Å². The Balaban J connectivity index is 2.89. The van der Waals surface area contributed by atoms with E-state index < -0.39 is 5.97 Å². The Morgan fingerprint density at radius 2 is 2.00 bits per heavy atom. The maximum absolute atomic E-state index is 11.0. The largest absolute Gasteiger partial charge is 0.478 e. The van der Waals surface area contributed by atoms with E-state index in [0.717, 1.165) is 0 Å². The SMILES string of the molecule is N#CN[N+](=O)c1ccc(C(=O)O)cc1. The van der Waals surface area contributed by atoms with Gasteiger partial charge in [0.25, 0.3) is 5.69 Å². The molecular weight excluding hydrogens is 186 g/mol. The molecule has 0 aliphatic heterocycles. The molecule has 0 saturated carbocycles. The Morgan fingerprint density at radius 1 is 1.43 bits per heavy atom. The Kier molecular flexibility index (Phi) is 2.76. The van der Waals surface area contributed by atoms with Gasteiger partial charge in [-0.15, -0.1) is 0 Å². The maximum Gasteiger partial charge on any atom is 0.335 e. The molecule has 0 aliphatic carbocycles. The number of carboxylic acid groups (broad SMARTS) is 1. The lowest BCUT2D eigenvalue weighted by Crippen LogP contribution is -2.15. The zero-order valence-corrected chi connectivity index (χ0v) is 6.97. The molecule has 70 valence electrons. The molecule has 2 N–H and O–H groups in total. The van der Waals surface area contributed by atoms with Gasteiger partial charge in [0.2, 0.25) is 6.19 Å². The first kappa shape index (κ1) is 9.67. The number of nitroso groups, excluding NO2 is 1. The third-order valence-electron chi connectivity index (χ3n) is 1.50.